The van der Waals surface area contributed by atoms with E-state index in [1.807, 2.05) is 24.3 Å². The van der Waals surface area contributed by atoms with Crippen LogP contribution in [0.2, 0.25) is 0 Å². The van der Waals surface area contributed by atoms with Crippen LogP contribution in [0.4, 0.5) is 8.78 Å². The van der Waals surface area contributed by atoms with E-state index in [0.717, 1.165) is 16.1 Å². The SMILES string of the molecule is NC(Cc1cc(F)cc(F)c1)c1cccc(Br)c1. The van der Waals surface area contributed by atoms with Crippen molar-refractivity contribution in [2.24, 2.45) is 5.73 Å². The highest BCUT2D eigenvalue weighted by atomic mass is 79.9. The van der Waals surface area contributed by atoms with Gasteiger partial charge in [0.2, 0.25) is 0 Å². The van der Waals surface area contributed by atoms with E-state index in [4.69, 9.17) is 5.73 Å². The van der Waals surface area contributed by atoms with Gasteiger partial charge in [0.1, 0.15) is 11.6 Å². The van der Waals surface area contributed by atoms with E-state index >= 15 is 0 Å². The fraction of sp³-hybridized carbons (Fsp3) is 0.143. The minimum absolute atomic E-state index is 0.288. The van der Waals surface area contributed by atoms with Gasteiger partial charge < -0.3 is 5.73 Å². The third kappa shape index (κ3) is 3.37. The largest absolute Gasteiger partial charge is 0.324 e. The lowest BCUT2D eigenvalue weighted by molar-refractivity contribution is 0.576. The lowest BCUT2D eigenvalue weighted by atomic mass is 10.00. The number of nitrogens with two attached hydrogens (primary N) is 1. The van der Waals surface area contributed by atoms with E-state index in [-0.39, 0.29) is 6.04 Å². The van der Waals surface area contributed by atoms with Crippen LogP contribution in [-0.4, -0.2) is 0 Å². The highest BCUT2D eigenvalue weighted by Gasteiger charge is 2.09. The summed E-state index contributed by atoms with van der Waals surface area (Å²) in [5.74, 6) is -1.15. The summed E-state index contributed by atoms with van der Waals surface area (Å²) < 4.78 is 27.0. The normalized spacial score (nSPS) is 12.4. The topological polar surface area (TPSA) is 26.0 Å². The fourth-order valence-electron chi connectivity index (χ4n) is 1.84. The Kier molecular flexibility index (Phi) is 4.09. The van der Waals surface area contributed by atoms with Crippen LogP contribution >= 0.6 is 15.9 Å². The molecule has 1 nitrogen and oxygen atoms in total. The first-order valence-electron chi connectivity index (χ1n) is 5.50. The summed E-state index contributed by atoms with van der Waals surface area (Å²) >= 11 is 3.36. The van der Waals surface area contributed by atoms with Crippen LogP contribution in [0.15, 0.2) is 46.9 Å². The average Bonchev–Trinajstić information content (AvgIpc) is 2.27. The Labute approximate surface area is 113 Å². The van der Waals surface area contributed by atoms with E-state index in [9.17, 15) is 8.78 Å². The van der Waals surface area contributed by atoms with Gasteiger partial charge in [-0.25, -0.2) is 8.78 Å². The molecule has 0 heterocycles. The molecule has 2 aromatic carbocycles. The quantitative estimate of drug-likeness (QED) is 0.912. The van der Waals surface area contributed by atoms with Gasteiger partial charge in [0.05, 0.1) is 0 Å². The molecule has 4 heteroatoms. The average molecular weight is 312 g/mol. The van der Waals surface area contributed by atoms with Crippen LogP contribution in [0.5, 0.6) is 0 Å². The number of hydrogen-bond donors (Lipinski definition) is 1. The van der Waals surface area contributed by atoms with Crippen LogP contribution in [0, 0.1) is 11.6 Å². The van der Waals surface area contributed by atoms with Gasteiger partial charge in [-0.2, -0.15) is 0 Å². The van der Waals surface area contributed by atoms with Crippen LogP contribution < -0.4 is 5.73 Å². The number of halogens is 3. The Morgan fingerprint density at radius 1 is 1.06 bits per heavy atom. The van der Waals surface area contributed by atoms with Crippen molar-refractivity contribution in [2.45, 2.75) is 12.5 Å². The summed E-state index contributed by atoms with van der Waals surface area (Å²) in [4.78, 5) is 0. The molecule has 0 spiro atoms. The minimum Gasteiger partial charge on any atom is -0.324 e. The molecule has 0 aliphatic heterocycles. The second kappa shape index (κ2) is 5.59. The molecule has 94 valence electrons. The Morgan fingerprint density at radius 2 is 1.72 bits per heavy atom. The second-order valence-corrected chi connectivity index (χ2v) is 5.06. The fourth-order valence-corrected chi connectivity index (χ4v) is 2.25. The van der Waals surface area contributed by atoms with E-state index in [1.54, 1.807) is 0 Å². The Bertz CT molecular complexity index is 537. The molecule has 2 aromatic rings. The van der Waals surface area contributed by atoms with Crippen molar-refractivity contribution in [3.05, 3.63) is 69.7 Å². The van der Waals surface area contributed by atoms with Gasteiger partial charge in [-0.3, -0.25) is 0 Å². The zero-order chi connectivity index (χ0) is 13.1. The molecule has 0 radical (unpaired) electrons. The molecule has 0 saturated carbocycles. The van der Waals surface area contributed by atoms with Gasteiger partial charge in [0.15, 0.2) is 0 Å². The Balaban J connectivity index is 2.18. The molecule has 0 aliphatic rings. The number of rotatable bonds is 3. The molecule has 0 aliphatic carbocycles. The summed E-state index contributed by atoms with van der Waals surface area (Å²) in [6.07, 6.45) is 0.394. The maximum atomic E-state index is 13.1. The summed E-state index contributed by atoms with van der Waals surface area (Å²) in [5.41, 5.74) is 7.51. The van der Waals surface area contributed by atoms with Crippen LogP contribution in [0.3, 0.4) is 0 Å². The van der Waals surface area contributed by atoms with Crippen LogP contribution in [-0.2, 0) is 6.42 Å². The van der Waals surface area contributed by atoms with E-state index in [1.165, 1.54) is 12.1 Å². The molecule has 2 N–H and O–H groups in total. The molecule has 1 atom stereocenters. The Hall–Kier alpha value is -1.26. The van der Waals surface area contributed by atoms with Crippen molar-refractivity contribution >= 4 is 15.9 Å². The molecule has 2 rings (SSSR count). The maximum Gasteiger partial charge on any atom is 0.126 e. The summed E-state index contributed by atoms with van der Waals surface area (Å²) in [6.45, 7) is 0. The van der Waals surface area contributed by atoms with Crippen molar-refractivity contribution in [1.29, 1.82) is 0 Å². The first-order valence-corrected chi connectivity index (χ1v) is 6.30. The first kappa shape index (κ1) is 13.2. The third-order valence-electron chi connectivity index (χ3n) is 2.65. The van der Waals surface area contributed by atoms with Gasteiger partial charge >= 0.3 is 0 Å². The van der Waals surface area contributed by atoms with Crippen molar-refractivity contribution in [3.8, 4) is 0 Å². The van der Waals surface area contributed by atoms with Gasteiger partial charge in [-0.05, 0) is 41.8 Å². The van der Waals surface area contributed by atoms with Crippen LogP contribution in [0.1, 0.15) is 17.2 Å². The molecular formula is C14H12BrF2N. The number of hydrogen-bond acceptors (Lipinski definition) is 1. The highest BCUT2D eigenvalue weighted by Crippen LogP contribution is 2.20. The van der Waals surface area contributed by atoms with Gasteiger partial charge in [-0.15, -0.1) is 0 Å². The predicted octanol–water partition coefficient (Wildman–Crippen LogP) is 3.97. The summed E-state index contributed by atoms with van der Waals surface area (Å²) in [5, 5.41) is 0. The van der Waals surface area contributed by atoms with Crippen molar-refractivity contribution in [1.82, 2.24) is 0 Å². The van der Waals surface area contributed by atoms with Crippen molar-refractivity contribution in [2.75, 3.05) is 0 Å². The smallest absolute Gasteiger partial charge is 0.126 e. The lowest BCUT2D eigenvalue weighted by Gasteiger charge is -2.12. The summed E-state index contributed by atoms with van der Waals surface area (Å²) in [7, 11) is 0. The lowest BCUT2D eigenvalue weighted by Crippen LogP contribution is -2.13. The van der Waals surface area contributed by atoms with Gasteiger partial charge in [0.25, 0.3) is 0 Å². The first-order chi connectivity index (χ1) is 8.54. The monoisotopic (exact) mass is 311 g/mol. The second-order valence-electron chi connectivity index (χ2n) is 4.14. The predicted molar refractivity (Wildman–Crippen MR) is 71.1 cm³/mol. The van der Waals surface area contributed by atoms with Crippen molar-refractivity contribution < 1.29 is 8.78 Å². The van der Waals surface area contributed by atoms with E-state index in [2.05, 4.69) is 15.9 Å². The van der Waals surface area contributed by atoms with E-state index < -0.39 is 11.6 Å². The number of benzene rings is 2. The molecule has 0 fully saturated rings. The van der Waals surface area contributed by atoms with Gasteiger partial charge in [-0.1, -0.05) is 28.1 Å². The summed E-state index contributed by atoms with van der Waals surface area (Å²) in [6, 6.07) is 10.8. The molecular weight excluding hydrogens is 300 g/mol. The minimum atomic E-state index is -0.577. The molecule has 0 bridgehead atoms. The molecule has 0 aromatic heterocycles. The van der Waals surface area contributed by atoms with Gasteiger partial charge in [0, 0.05) is 16.6 Å². The standard InChI is InChI=1S/C14H12BrF2N/c15-11-3-1-2-10(7-11)14(18)6-9-4-12(16)8-13(17)5-9/h1-5,7-8,14H,6,18H2. The maximum absolute atomic E-state index is 13.1. The zero-order valence-electron chi connectivity index (χ0n) is 9.54. The van der Waals surface area contributed by atoms with Crippen LogP contribution in [0.25, 0.3) is 0 Å². The van der Waals surface area contributed by atoms with E-state index in [0.29, 0.717) is 12.0 Å². The highest BCUT2D eigenvalue weighted by molar-refractivity contribution is 9.10. The molecule has 18 heavy (non-hydrogen) atoms. The molecule has 0 saturated heterocycles. The molecule has 1 unspecified atom stereocenters. The Morgan fingerprint density at radius 3 is 2.33 bits per heavy atom. The van der Waals surface area contributed by atoms with Crippen molar-refractivity contribution in [3.63, 3.8) is 0 Å². The third-order valence-corrected chi connectivity index (χ3v) is 3.15. The molecule has 0 amide bonds. The zero-order valence-corrected chi connectivity index (χ0v) is 11.1.